The van der Waals surface area contributed by atoms with Crippen molar-refractivity contribution in [3.05, 3.63) is 35.5 Å². The maximum atomic E-state index is 5.64. The summed E-state index contributed by atoms with van der Waals surface area (Å²) in [6, 6.07) is 6.12. The van der Waals surface area contributed by atoms with Crippen LogP contribution in [0.1, 0.15) is 43.6 Å². The maximum Gasteiger partial charge on any atom is 0.243 e. The Labute approximate surface area is 136 Å². The Morgan fingerprint density at radius 3 is 2.78 bits per heavy atom. The maximum absolute atomic E-state index is 5.64. The van der Waals surface area contributed by atoms with Gasteiger partial charge in [0.25, 0.3) is 0 Å². The smallest absolute Gasteiger partial charge is 0.243 e. The molecule has 0 unspecified atom stereocenters. The van der Waals surface area contributed by atoms with E-state index in [2.05, 4.69) is 35.0 Å². The molecule has 0 fully saturated rings. The lowest BCUT2D eigenvalue weighted by atomic mass is 10.1. The molecule has 1 atom stereocenters. The average molecular weight is 317 g/mol. The number of rotatable bonds is 6. The minimum Gasteiger partial charge on any atom is -0.486 e. The van der Waals surface area contributed by atoms with Crippen LogP contribution in [0.15, 0.2) is 22.7 Å². The Morgan fingerprint density at radius 2 is 2.00 bits per heavy atom. The van der Waals surface area contributed by atoms with E-state index in [0.717, 1.165) is 42.3 Å². The van der Waals surface area contributed by atoms with Crippen molar-refractivity contribution in [3.63, 3.8) is 0 Å². The van der Waals surface area contributed by atoms with Gasteiger partial charge in [-0.1, -0.05) is 18.1 Å². The predicted molar refractivity (Wildman–Crippen MR) is 85.6 cm³/mol. The van der Waals surface area contributed by atoms with E-state index in [1.165, 1.54) is 0 Å². The number of aryl methyl sites for hydroxylation is 1. The van der Waals surface area contributed by atoms with Crippen molar-refractivity contribution >= 4 is 0 Å². The Hall–Kier alpha value is -2.08. The fourth-order valence-electron chi connectivity index (χ4n) is 2.56. The largest absolute Gasteiger partial charge is 0.486 e. The van der Waals surface area contributed by atoms with E-state index in [4.69, 9.17) is 14.0 Å². The number of benzene rings is 1. The lowest BCUT2D eigenvalue weighted by Gasteiger charge is -2.23. The van der Waals surface area contributed by atoms with Crippen LogP contribution in [0.3, 0.4) is 0 Å². The second kappa shape index (κ2) is 7.00. The molecule has 2 aromatic rings. The molecule has 6 heteroatoms. The highest BCUT2D eigenvalue weighted by Gasteiger charge is 2.20. The average Bonchev–Trinajstić information content (AvgIpc) is 3.03. The van der Waals surface area contributed by atoms with Gasteiger partial charge in [0.05, 0.1) is 6.04 Å². The molecule has 0 N–H and O–H groups in total. The molecule has 23 heavy (non-hydrogen) atoms. The van der Waals surface area contributed by atoms with Crippen LogP contribution in [0.25, 0.3) is 0 Å². The topological polar surface area (TPSA) is 60.6 Å². The number of ether oxygens (including phenoxy) is 2. The first-order valence-electron chi connectivity index (χ1n) is 8.08. The SMILES string of the molecule is CCCc1noc([C@H](C)N(C)Cc2ccc3c(c2)OCCO3)n1. The monoisotopic (exact) mass is 317 g/mol. The summed E-state index contributed by atoms with van der Waals surface area (Å²) < 4.78 is 16.6. The molecule has 6 nitrogen and oxygen atoms in total. The predicted octanol–water partition coefficient (Wildman–Crippen LogP) is 2.99. The molecule has 1 aliphatic heterocycles. The molecule has 0 amide bonds. The normalized spacial score (nSPS) is 15.0. The highest BCUT2D eigenvalue weighted by atomic mass is 16.6. The van der Waals surface area contributed by atoms with E-state index >= 15 is 0 Å². The van der Waals surface area contributed by atoms with Gasteiger partial charge in [-0.3, -0.25) is 4.90 Å². The van der Waals surface area contributed by atoms with Crippen molar-refractivity contribution in [2.24, 2.45) is 0 Å². The Balaban J connectivity index is 1.66. The van der Waals surface area contributed by atoms with Crippen molar-refractivity contribution in [1.82, 2.24) is 15.0 Å². The Kier molecular flexibility index (Phi) is 4.81. The Bertz CT molecular complexity index is 656. The van der Waals surface area contributed by atoms with Crippen LogP contribution in [0.2, 0.25) is 0 Å². The molecule has 0 bridgehead atoms. The van der Waals surface area contributed by atoms with Gasteiger partial charge in [0.2, 0.25) is 5.89 Å². The summed E-state index contributed by atoms with van der Waals surface area (Å²) in [5, 5.41) is 4.02. The fraction of sp³-hybridized carbons (Fsp3) is 0.529. The van der Waals surface area contributed by atoms with E-state index in [0.29, 0.717) is 19.1 Å². The van der Waals surface area contributed by atoms with Crippen LogP contribution in [-0.4, -0.2) is 35.3 Å². The molecule has 124 valence electrons. The highest BCUT2D eigenvalue weighted by Crippen LogP contribution is 2.31. The van der Waals surface area contributed by atoms with E-state index < -0.39 is 0 Å². The third-order valence-electron chi connectivity index (χ3n) is 4.01. The number of nitrogens with zero attached hydrogens (tertiary/aromatic N) is 3. The molecular weight excluding hydrogens is 294 g/mol. The van der Waals surface area contributed by atoms with Gasteiger partial charge in [0.15, 0.2) is 17.3 Å². The molecule has 1 aromatic heterocycles. The van der Waals surface area contributed by atoms with Crippen LogP contribution < -0.4 is 9.47 Å². The molecule has 1 aromatic carbocycles. The van der Waals surface area contributed by atoms with Crippen molar-refractivity contribution in [1.29, 1.82) is 0 Å². The zero-order chi connectivity index (χ0) is 16.2. The first-order chi connectivity index (χ1) is 11.2. The zero-order valence-corrected chi connectivity index (χ0v) is 13.9. The second-order valence-corrected chi connectivity index (χ2v) is 5.87. The summed E-state index contributed by atoms with van der Waals surface area (Å²) in [6.07, 6.45) is 1.86. The Morgan fingerprint density at radius 1 is 1.22 bits per heavy atom. The van der Waals surface area contributed by atoms with Crippen LogP contribution in [0.4, 0.5) is 0 Å². The number of hydrogen-bond acceptors (Lipinski definition) is 6. The van der Waals surface area contributed by atoms with Crippen molar-refractivity contribution in [2.45, 2.75) is 39.3 Å². The minimum absolute atomic E-state index is 0.0568. The van der Waals surface area contributed by atoms with Crippen molar-refractivity contribution in [2.75, 3.05) is 20.3 Å². The standard InChI is InChI=1S/C17H23N3O3/c1-4-5-16-18-17(23-19-16)12(2)20(3)11-13-6-7-14-15(10-13)22-9-8-21-14/h6-7,10,12H,4-5,8-9,11H2,1-3H3/t12-/m0/s1. The summed E-state index contributed by atoms with van der Waals surface area (Å²) in [7, 11) is 2.05. The van der Waals surface area contributed by atoms with E-state index in [9.17, 15) is 0 Å². The third kappa shape index (κ3) is 3.64. The molecule has 0 saturated carbocycles. The summed E-state index contributed by atoms with van der Waals surface area (Å²) in [5.74, 6) is 3.07. The summed E-state index contributed by atoms with van der Waals surface area (Å²) >= 11 is 0. The van der Waals surface area contributed by atoms with Crippen LogP contribution >= 0.6 is 0 Å². The molecule has 3 rings (SSSR count). The number of aromatic nitrogens is 2. The van der Waals surface area contributed by atoms with Gasteiger partial charge >= 0.3 is 0 Å². The van der Waals surface area contributed by atoms with Gasteiger partial charge in [0.1, 0.15) is 13.2 Å². The minimum atomic E-state index is 0.0568. The van der Waals surface area contributed by atoms with Gasteiger partial charge in [-0.15, -0.1) is 0 Å². The third-order valence-corrected chi connectivity index (χ3v) is 4.01. The fourth-order valence-corrected chi connectivity index (χ4v) is 2.56. The molecular formula is C17H23N3O3. The van der Waals surface area contributed by atoms with Gasteiger partial charge in [-0.25, -0.2) is 0 Å². The molecule has 0 saturated heterocycles. The molecule has 1 aliphatic rings. The number of hydrogen-bond donors (Lipinski definition) is 0. The van der Waals surface area contributed by atoms with E-state index in [-0.39, 0.29) is 6.04 Å². The van der Waals surface area contributed by atoms with Crippen molar-refractivity contribution < 1.29 is 14.0 Å². The van der Waals surface area contributed by atoms with Crippen LogP contribution in [0.5, 0.6) is 11.5 Å². The first kappa shape index (κ1) is 15.8. The zero-order valence-electron chi connectivity index (χ0n) is 13.9. The van der Waals surface area contributed by atoms with Gasteiger partial charge in [-0.05, 0) is 38.1 Å². The van der Waals surface area contributed by atoms with Gasteiger partial charge in [0, 0.05) is 13.0 Å². The van der Waals surface area contributed by atoms with E-state index in [1.54, 1.807) is 0 Å². The lowest BCUT2D eigenvalue weighted by Crippen LogP contribution is -2.22. The van der Waals surface area contributed by atoms with Gasteiger partial charge in [-0.2, -0.15) is 4.98 Å². The second-order valence-electron chi connectivity index (χ2n) is 5.87. The summed E-state index contributed by atoms with van der Waals surface area (Å²) in [4.78, 5) is 6.64. The highest BCUT2D eigenvalue weighted by molar-refractivity contribution is 5.43. The van der Waals surface area contributed by atoms with Crippen LogP contribution in [-0.2, 0) is 13.0 Å². The number of fused-ring (bicyclic) bond motifs is 1. The molecule has 2 heterocycles. The molecule has 0 aliphatic carbocycles. The quantitative estimate of drug-likeness (QED) is 0.816. The molecule has 0 spiro atoms. The molecule has 0 radical (unpaired) electrons. The summed E-state index contributed by atoms with van der Waals surface area (Å²) in [6.45, 7) is 6.16. The lowest BCUT2D eigenvalue weighted by molar-refractivity contribution is 0.170. The van der Waals surface area contributed by atoms with Crippen molar-refractivity contribution in [3.8, 4) is 11.5 Å². The first-order valence-corrected chi connectivity index (χ1v) is 8.08. The van der Waals surface area contributed by atoms with Gasteiger partial charge < -0.3 is 14.0 Å². The summed E-state index contributed by atoms with van der Waals surface area (Å²) in [5.41, 5.74) is 1.16. The van der Waals surface area contributed by atoms with E-state index in [1.807, 2.05) is 19.2 Å². The van der Waals surface area contributed by atoms with Crippen LogP contribution in [0, 0.1) is 0 Å².